The van der Waals surface area contributed by atoms with Crippen LogP contribution in [0.15, 0.2) is 18.2 Å². The van der Waals surface area contributed by atoms with Gasteiger partial charge in [0.15, 0.2) is 11.6 Å². The summed E-state index contributed by atoms with van der Waals surface area (Å²) in [5.41, 5.74) is 0.629. The SMILES string of the molecule is COc1ccc(NCC(O)CN2CCOCC2)cc1F. The number of nitrogens with one attached hydrogen (secondary N) is 1. The van der Waals surface area contributed by atoms with Crippen molar-refractivity contribution in [1.29, 1.82) is 0 Å². The molecular formula is C14H21FN2O3. The van der Waals surface area contributed by atoms with E-state index < -0.39 is 11.9 Å². The van der Waals surface area contributed by atoms with Gasteiger partial charge in [0.05, 0.1) is 26.4 Å². The fourth-order valence-corrected chi connectivity index (χ4v) is 2.16. The Bertz CT molecular complexity index is 425. The summed E-state index contributed by atoms with van der Waals surface area (Å²) in [5.74, 6) is -0.204. The molecule has 0 amide bonds. The summed E-state index contributed by atoms with van der Waals surface area (Å²) in [6, 6.07) is 4.65. The number of halogens is 1. The van der Waals surface area contributed by atoms with Gasteiger partial charge >= 0.3 is 0 Å². The first-order chi connectivity index (χ1) is 9.69. The molecule has 0 bridgehead atoms. The lowest BCUT2D eigenvalue weighted by atomic mass is 10.2. The number of β-amino-alcohol motifs (C(OH)–C–C–N with tert-alkyl or cyclic N) is 1. The molecule has 0 aromatic heterocycles. The number of ether oxygens (including phenoxy) is 2. The maximum atomic E-state index is 13.5. The predicted octanol–water partition coefficient (Wildman–Crippen LogP) is 0.939. The van der Waals surface area contributed by atoms with Crippen molar-refractivity contribution < 1.29 is 19.0 Å². The Morgan fingerprint density at radius 3 is 2.85 bits per heavy atom. The molecule has 1 saturated heterocycles. The molecule has 0 saturated carbocycles. The zero-order valence-corrected chi connectivity index (χ0v) is 11.6. The molecule has 0 aliphatic carbocycles. The van der Waals surface area contributed by atoms with E-state index in [1.54, 1.807) is 12.1 Å². The highest BCUT2D eigenvalue weighted by Gasteiger charge is 2.14. The second-order valence-electron chi connectivity index (χ2n) is 4.80. The lowest BCUT2D eigenvalue weighted by Crippen LogP contribution is -2.42. The Morgan fingerprint density at radius 1 is 1.45 bits per heavy atom. The Morgan fingerprint density at radius 2 is 2.20 bits per heavy atom. The lowest BCUT2D eigenvalue weighted by Gasteiger charge is -2.28. The maximum Gasteiger partial charge on any atom is 0.167 e. The normalized spacial score (nSPS) is 17.8. The van der Waals surface area contributed by atoms with Crippen LogP contribution in [0.5, 0.6) is 5.75 Å². The number of aliphatic hydroxyl groups excluding tert-OH is 1. The number of methoxy groups -OCH3 is 1. The van der Waals surface area contributed by atoms with E-state index in [4.69, 9.17) is 9.47 Å². The molecule has 112 valence electrons. The predicted molar refractivity (Wildman–Crippen MR) is 74.7 cm³/mol. The number of rotatable bonds is 6. The smallest absolute Gasteiger partial charge is 0.167 e. The van der Waals surface area contributed by atoms with E-state index in [0.717, 1.165) is 13.1 Å². The van der Waals surface area contributed by atoms with Crippen LogP contribution in [-0.4, -0.2) is 62.6 Å². The Balaban J connectivity index is 1.77. The van der Waals surface area contributed by atoms with Crippen LogP contribution in [0.4, 0.5) is 10.1 Å². The third-order valence-corrected chi connectivity index (χ3v) is 3.27. The molecule has 2 N–H and O–H groups in total. The van der Waals surface area contributed by atoms with Gasteiger partial charge in [0.2, 0.25) is 0 Å². The minimum atomic E-state index is -0.502. The van der Waals surface area contributed by atoms with Crippen molar-refractivity contribution in [2.75, 3.05) is 51.8 Å². The number of hydrogen-bond acceptors (Lipinski definition) is 5. The second-order valence-corrected chi connectivity index (χ2v) is 4.80. The van der Waals surface area contributed by atoms with Crippen molar-refractivity contribution in [3.63, 3.8) is 0 Å². The van der Waals surface area contributed by atoms with Crippen molar-refractivity contribution in [3.05, 3.63) is 24.0 Å². The molecule has 1 aliphatic heterocycles. The molecule has 0 spiro atoms. The number of anilines is 1. The first-order valence-electron chi connectivity index (χ1n) is 6.74. The fourth-order valence-electron chi connectivity index (χ4n) is 2.16. The van der Waals surface area contributed by atoms with E-state index in [9.17, 15) is 9.50 Å². The molecule has 1 heterocycles. The molecule has 1 aromatic rings. The number of hydrogen-bond donors (Lipinski definition) is 2. The molecule has 1 atom stereocenters. The topological polar surface area (TPSA) is 54.0 Å². The standard InChI is InChI=1S/C14H21FN2O3/c1-19-14-3-2-11(8-13(14)15)16-9-12(18)10-17-4-6-20-7-5-17/h2-3,8,12,16,18H,4-7,9-10H2,1H3. The molecule has 20 heavy (non-hydrogen) atoms. The van der Waals surface area contributed by atoms with Gasteiger partial charge in [-0.25, -0.2) is 4.39 Å². The van der Waals surface area contributed by atoms with Gasteiger partial charge in [-0.3, -0.25) is 4.90 Å². The minimum absolute atomic E-state index is 0.212. The Labute approximate surface area is 118 Å². The largest absolute Gasteiger partial charge is 0.494 e. The Hall–Kier alpha value is -1.37. The molecule has 5 nitrogen and oxygen atoms in total. The van der Waals surface area contributed by atoms with Gasteiger partial charge in [0, 0.05) is 37.9 Å². The number of benzene rings is 1. The second kappa shape index (κ2) is 7.42. The molecule has 1 fully saturated rings. The van der Waals surface area contributed by atoms with E-state index in [1.807, 2.05) is 0 Å². The summed E-state index contributed by atoms with van der Waals surface area (Å²) in [6.45, 7) is 4.08. The van der Waals surface area contributed by atoms with Crippen LogP contribution in [0.2, 0.25) is 0 Å². The third-order valence-electron chi connectivity index (χ3n) is 3.27. The van der Waals surface area contributed by atoms with Crippen molar-refractivity contribution in [3.8, 4) is 5.75 Å². The third kappa shape index (κ3) is 4.33. The quantitative estimate of drug-likeness (QED) is 0.814. The van der Waals surface area contributed by atoms with E-state index in [1.165, 1.54) is 13.2 Å². The highest BCUT2D eigenvalue weighted by molar-refractivity contribution is 5.47. The van der Waals surface area contributed by atoms with Gasteiger partial charge < -0.3 is 19.9 Å². The first-order valence-corrected chi connectivity index (χ1v) is 6.74. The van der Waals surface area contributed by atoms with Crippen molar-refractivity contribution >= 4 is 5.69 Å². The maximum absolute atomic E-state index is 13.5. The van der Waals surface area contributed by atoms with Crippen LogP contribution < -0.4 is 10.1 Å². The van der Waals surface area contributed by atoms with Gasteiger partial charge in [-0.05, 0) is 12.1 Å². The van der Waals surface area contributed by atoms with Gasteiger partial charge in [0.25, 0.3) is 0 Å². The first kappa shape index (κ1) is 15.0. The van der Waals surface area contributed by atoms with Crippen molar-refractivity contribution in [2.24, 2.45) is 0 Å². The number of nitrogens with zero attached hydrogens (tertiary/aromatic N) is 1. The molecule has 1 aromatic carbocycles. The molecule has 1 aliphatic rings. The summed E-state index contributed by atoms with van der Waals surface area (Å²) in [6.07, 6.45) is -0.502. The number of morpholine rings is 1. The monoisotopic (exact) mass is 284 g/mol. The lowest BCUT2D eigenvalue weighted by molar-refractivity contribution is 0.0171. The zero-order valence-electron chi connectivity index (χ0n) is 11.6. The van der Waals surface area contributed by atoms with E-state index in [-0.39, 0.29) is 5.75 Å². The highest BCUT2D eigenvalue weighted by atomic mass is 19.1. The zero-order chi connectivity index (χ0) is 14.4. The average Bonchev–Trinajstić information content (AvgIpc) is 2.46. The number of aliphatic hydroxyl groups is 1. The van der Waals surface area contributed by atoms with Crippen molar-refractivity contribution in [2.45, 2.75) is 6.10 Å². The summed E-state index contributed by atoms with van der Waals surface area (Å²) in [5, 5.41) is 13.0. The van der Waals surface area contributed by atoms with Gasteiger partial charge in [0.1, 0.15) is 0 Å². The van der Waals surface area contributed by atoms with Crippen LogP contribution in [-0.2, 0) is 4.74 Å². The molecule has 1 unspecified atom stereocenters. The van der Waals surface area contributed by atoms with Crippen LogP contribution in [0, 0.1) is 5.82 Å². The van der Waals surface area contributed by atoms with Crippen LogP contribution in [0.1, 0.15) is 0 Å². The summed E-state index contributed by atoms with van der Waals surface area (Å²) >= 11 is 0. The summed E-state index contributed by atoms with van der Waals surface area (Å²) in [4.78, 5) is 2.16. The van der Waals surface area contributed by atoms with Crippen LogP contribution in [0.3, 0.4) is 0 Å². The van der Waals surface area contributed by atoms with E-state index >= 15 is 0 Å². The van der Waals surface area contributed by atoms with Crippen molar-refractivity contribution in [1.82, 2.24) is 4.90 Å². The molecule has 2 rings (SSSR count). The van der Waals surface area contributed by atoms with Crippen LogP contribution >= 0.6 is 0 Å². The molecule has 0 radical (unpaired) electrons. The minimum Gasteiger partial charge on any atom is -0.494 e. The van der Waals surface area contributed by atoms with Crippen LogP contribution in [0.25, 0.3) is 0 Å². The fraction of sp³-hybridized carbons (Fsp3) is 0.571. The molecule has 6 heteroatoms. The van der Waals surface area contributed by atoms with Gasteiger partial charge in [-0.2, -0.15) is 0 Å². The average molecular weight is 284 g/mol. The summed E-state index contributed by atoms with van der Waals surface area (Å²) in [7, 11) is 1.43. The van der Waals surface area contributed by atoms with Gasteiger partial charge in [-0.15, -0.1) is 0 Å². The van der Waals surface area contributed by atoms with Gasteiger partial charge in [-0.1, -0.05) is 0 Å². The highest BCUT2D eigenvalue weighted by Crippen LogP contribution is 2.20. The van der Waals surface area contributed by atoms with E-state index in [2.05, 4.69) is 10.2 Å². The van der Waals surface area contributed by atoms with E-state index in [0.29, 0.717) is 32.0 Å². The Kier molecular flexibility index (Phi) is 5.58. The summed E-state index contributed by atoms with van der Waals surface area (Å²) < 4.78 is 23.6. The molecular weight excluding hydrogens is 263 g/mol.